The lowest BCUT2D eigenvalue weighted by molar-refractivity contribution is -0.334. The number of alkyl halides is 2. The molecule has 0 aromatic heterocycles. The zero-order valence-electron chi connectivity index (χ0n) is 8.98. The van der Waals surface area contributed by atoms with E-state index in [4.69, 9.17) is 10.6 Å². The summed E-state index contributed by atoms with van der Waals surface area (Å²) < 4.78 is 31.1. The van der Waals surface area contributed by atoms with Gasteiger partial charge in [-0.15, -0.1) is 0 Å². The molecule has 0 aromatic carbocycles. The van der Waals surface area contributed by atoms with Gasteiger partial charge in [-0.3, -0.25) is 4.79 Å². The third-order valence-electron chi connectivity index (χ3n) is 2.60. The highest BCUT2D eigenvalue weighted by atomic mass is 19.2. The van der Waals surface area contributed by atoms with Crippen LogP contribution >= 0.6 is 0 Å². The van der Waals surface area contributed by atoms with Crippen LogP contribution in [-0.4, -0.2) is 58.7 Å². The summed E-state index contributed by atoms with van der Waals surface area (Å²) in [5.41, 5.74) is 7.99. The molecule has 18 heavy (non-hydrogen) atoms. The Morgan fingerprint density at radius 1 is 1.56 bits per heavy atom. The lowest BCUT2D eigenvalue weighted by Crippen LogP contribution is -2.62. The fourth-order valence-electron chi connectivity index (χ4n) is 1.61. The van der Waals surface area contributed by atoms with Crippen molar-refractivity contribution in [3.05, 3.63) is 10.4 Å². The maximum Gasteiger partial charge on any atom is 0.263 e. The Labute approximate surface area is 99.4 Å². The van der Waals surface area contributed by atoms with E-state index >= 15 is 0 Å². The minimum absolute atomic E-state index is 0.771. The van der Waals surface area contributed by atoms with Crippen LogP contribution < -0.4 is 0 Å². The molecule has 102 valence electrons. The van der Waals surface area contributed by atoms with E-state index in [9.17, 15) is 23.8 Å². The Bertz CT molecular complexity index is 378. The number of aliphatic hydroxyl groups is 3. The van der Waals surface area contributed by atoms with E-state index in [1.165, 1.54) is 0 Å². The second-order valence-corrected chi connectivity index (χ2v) is 3.73. The van der Waals surface area contributed by atoms with Gasteiger partial charge >= 0.3 is 0 Å². The molecule has 0 unspecified atom stereocenters. The van der Waals surface area contributed by atoms with Gasteiger partial charge < -0.3 is 20.1 Å². The van der Waals surface area contributed by atoms with Crippen LogP contribution in [0.15, 0.2) is 5.11 Å². The molecule has 0 bridgehead atoms. The Morgan fingerprint density at radius 3 is 2.67 bits per heavy atom. The first-order valence-corrected chi connectivity index (χ1v) is 4.88. The zero-order chi connectivity index (χ0) is 13.9. The molecule has 3 N–H and O–H groups in total. The van der Waals surface area contributed by atoms with Gasteiger partial charge in [0, 0.05) is 4.91 Å². The van der Waals surface area contributed by atoms with Crippen LogP contribution in [0.25, 0.3) is 10.4 Å². The molecule has 0 aromatic rings. The fourth-order valence-corrected chi connectivity index (χ4v) is 1.61. The van der Waals surface area contributed by atoms with Crippen LogP contribution in [0.2, 0.25) is 0 Å². The number of azide groups is 1. The van der Waals surface area contributed by atoms with E-state index < -0.39 is 49.3 Å². The van der Waals surface area contributed by atoms with Crippen LogP contribution in [0.5, 0.6) is 0 Å². The summed E-state index contributed by atoms with van der Waals surface area (Å²) in [6.45, 7) is -2.16. The average molecular weight is 267 g/mol. The fraction of sp³-hybridized carbons (Fsp3) is 0.875. The van der Waals surface area contributed by atoms with Crippen molar-refractivity contribution in [3.8, 4) is 0 Å². The van der Waals surface area contributed by atoms with Crippen molar-refractivity contribution in [1.29, 1.82) is 0 Å². The molecule has 10 heteroatoms. The van der Waals surface area contributed by atoms with Crippen molar-refractivity contribution >= 4 is 5.78 Å². The summed E-state index contributed by atoms with van der Waals surface area (Å²) in [6.07, 6.45) is -6.98. The zero-order valence-corrected chi connectivity index (χ0v) is 8.98. The Kier molecular flexibility index (Phi) is 4.54. The summed E-state index contributed by atoms with van der Waals surface area (Å²) in [6, 6.07) is 0. The standard InChI is InChI=1S/C8H11F2N3O5/c9-7-4(3(15)1-12-13-11)5(16)6(17)8(10,2-14)18-7/h4-7,14,16-17H,1-2H2/t4-,5-,6+,7-,8-/m1/s1. The van der Waals surface area contributed by atoms with Crippen molar-refractivity contribution in [2.45, 2.75) is 24.4 Å². The molecule has 0 spiro atoms. The number of hydrogen-bond acceptors (Lipinski definition) is 6. The molecule has 1 saturated heterocycles. The quantitative estimate of drug-likeness (QED) is 0.347. The molecule has 1 fully saturated rings. The highest BCUT2D eigenvalue weighted by Gasteiger charge is 2.56. The number of halogens is 2. The van der Waals surface area contributed by atoms with Gasteiger partial charge in [0.1, 0.15) is 30.5 Å². The monoisotopic (exact) mass is 267 g/mol. The van der Waals surface area contributed by atoms with Gasteiger partial charge in [0.15, 0.2) is 0 Å². The predicted molar refractivity (Wildman–Crippen MR) is 51.4 cm³/mol. The maximum atomic E-state index is 13.6. The Balaban J connectivity index is 2.90. The minimum atomic E-state index is -3.19. The van der Waals surface area contributed by atoms with Crippen LogP contribution in [0.4, 0.5) is 8.78 Å². The van der Waals surface area contributed by atoms with E-state index in [0.717, 1.165) is 0 Å². The lowest BCUT2D eigenvalue weighted by Gasteiger charge is -2.41. The Hall–Kier alpha value is -1.32. The first-order chi connectivity index (χ1) is 8.37. The van der Waals surface area contributed by atoms with Gasteiger partial charge in [0.2, 0.25) is 6.36 Å². The lowest BCUT2D eigenvalue weighted by atomic mass is 9.87. The number of ether oxygens (including phenoxy) is 1. The van der Waals surface area contributed by atoms with Gasteiger partial charge in [-0.2, -0.15) is 0 Å². The normalized spacial score (nSPS) is 40.1. The molecule has 0 amide bonds. The predicted octanol–water partition coefficient (Wildman–Crippen LogP) is -0.812. The van der Waals surface area contributed by atoms with Crippen molar-refractivity contribution in [3.63, 3.8) is 0 Å². The number of ketones is 1. The van der Waals surface area contributed by atoms with E-state index in [1.54, 1.807) is 0 Å². The molecule has 0 radical (unpaired) electrons. The summed E-state index contributed by atoms with van der Waals surface area (Å²) in [7, 11) is 0. The summed E-state index contributed by atoms with van der Waals surface area (Å²) in [4.78, 5) is 13.6. The molecule has 5 atom stereocenters. The molecule has 0 aliphatic carbocycles. The highest BCUT2D eigenvalue weighted by molar-refractivity contribution is 5.84. The third-order valence-corrected chi connectivity index (χ3v) is 2.60. The van der Waals surface area contributed by atoms with Crippen molar-refractivity contribution in [1.82, 2.24) is 0 Å². The average Bonchev–Trinajstić information content (AvgIpc) is 2.33. The first-order valence-electron chi connectivity index (χ1n) is 4.88. The number of hydrogen-bond donors (Lipinski definition) is 3. The second kappa shape index (κ2) is 5.55. The van der Waals surface area contributed by atoms with Gasteiger partial charge in [0.25, 0.3) is 5.85 Å². The van der Waals surface area contributed by atoms with Gasteiger partial charge in [-0.1, -0.05) is 5.11 Å². The number of rotatable bonds is 4. The van der Waals surface area contributed by atoms with Crippen LogP contribution in [-0.2, 0) is 9.53 Å². The SMILES string of the molecule is [N-]=[N+]=NCC(=O)[C@@H]1[C@@H](O)[C@H](O)[C@@](F)(CO)O[C@H]1F. The van der Waals surface area contributed by atoms with Crippen molar-refractivity contribution in [2.24, 2.45) is 11.0 Å². The molecular formula is C8H11F2N3O5. The molecule has 0 saturated carbocycles. The largest absolute Gasteiger partial charge is 0.390 e. The first kappa shape index (κ1) is 14.7. The number of aliphatic hydroxyl groups excluding tert-OH is 3. The number of carbonyl (C=O) groups is 1. The molecule has 1 aliphatic rings. The van der Waals surface area contributed by atoms with Crippen molar-refractivity contribution in [2.75, 3.05) is 13.2 Å². The maximum absolute atomic E-state index is 13.6. The van der Waals surface area contributed by atoms with E-state index in [1.807, 2.05) is 0 Å². The molecule has 8 nitrogen and oxygen atoms in total. The summed E-state index contributed by atoms with van der Waals surface area (Å²) >= 11 is 0. The van der Waals surface area contributed by atoms with E-state index in [2.05, 4.69) is 14.8 Å². The topological polar surface area (TPSA) is 136 Å². The van der Waals surface area contributed by atoms with Gasteiger partial charge in [0.05, 0.1) is 6.54 Å². The van der Waals surface area contributed by atoms with Gasteiger partial charge in [-0.05, 0) is 5.53 Å². The third kappa shape index (κ3) is 2.57. The van der Waals surface area contributed by atoms with Gasteiger partial charge in [-0.25, -0.2) is 8.78 Å². The summed E-state index contributed by atoms with van der Waals surface area (Å²) in [5.74, 6) is -6.12. The van der Waals surface area contributed by atoms with Crippen LogP contribution in [0, 0.1) is 5.92 Å². The van der Waals surface area contributed by atoms with E-state index in [-0.39, 0.29) is 0 Å². The van der Waals surface area contributed by atoms with Crippen molar-refractivity contribution < 1.29 is 33.6 Å². The molecular weight excluding hydrogens is 256 g/mol. The summed E-state index contributed by atoms with van der Waals surface area (Å²) in [5, 5.41) is 30.3. The van der Waals surface area contributed by atoms with Crippen LogP contribution in [0.1, 0.15) is 0 Å². The van der Waals surface area contributed by atoms with E-state index in [0.29, 0.717) is 0 Å². The number of carbonyl (C=O) groups excluding carboxylic acids is 1. The minimum Gasteiger partial charge on any atom is -0.390 e. The van der Waals surface area contributed by atoms with Crippen LogP contribution in [0.3, 0.4) is 0 Å². The molecule has 1 rings (SSSR count). The highest BCUT2D eigenvalue weighted by Crippen LogP contribution is 2.35. The Morgan fingerprint density at radius 2 is 2.17 bits per heavy atom. The smallest absolute Gasteiger partial charge is 0.263 e. The number of Topliss-reactive ketones (excluding diaryl/α,β-unsaturated/α-hetero) is 1. The molecule has 1 heterocycles. The number of nitrogens with zero attached hydrogens (tertiary/aromatic N) is 3. The molecule has 1 aliphatic heterocycles. The second-order valence-electron chi connectivity index (χ2n) is 3.73.